The van der Waals surface area contributed by atoms with Gasteiger partial charge in [0, 0.05) is 0 Å². The van der Waals surface area contributed by atoms with E-state index < -0.39 is 23.3 Å². The number of methoxy groups -OCH3 is 2. The summed E-state index contributed by atoms with van der Waals surface area (Å²) in [6, 6.07) is 6.16. The van der Waals surface area contributed by atoms with Gasteiger partial charge in [-0.1, -0.05) is 6.07 Å². The molecule has 0 aromatic heterocycles. The van der Waals surface area contributed by atoms with E-state index in [2.05, 4.69) is 9.47 Å². The largest absolute Gasteiger partial charge is 1.00 e. The van der Waals surface area contributed by atoms with Crippen LogP contribution in [0.4, 0.5) is 0 Å². The molecule has 0 aliphatic heterocycles. The summed E-state index contributed by atoms with van der Waals surface area (Å²) in [5.41, 5.74) is 0.658. The molecule has 7 nitrogen and oxygen atoms in total. The fraction of sp³-hybridized carbons (Fsp3) is 0.200. The van der Waals surface area contributed by atoms with Gasteiger partial charge in [0.25, 0.3) is 0 Å². The maximum Gasteiger partial charge on any atom is 1.00 e. The normalized spacial score (nSPS) is 10.1. The zero-order chi connectivity index (χ0) is 14.1. The molecular weight excluding hydrogens is 287 g/mol. The van der Waals surface area contributed by atoms with Gasteiger partial charge in [0.1, 0.15) is 0 Å². The fourth-order valence-corrected chi connectivity index (χ4v) is 1.01. The Morgan fingerprint density at radius 3 is 1.74 bits per heavy atom. The zero-order valence-corrected chi connectivity index (χ0v) is 13.4. The van der Waals surface area contributed by atoms with Gasteiger partial charge >= 0.3 is 41.5 Å². The summed E-state index contributed by atoms with van der Waals surface area (Å²) in [4.78, 5) is 22.2. The van der Waals surface area contributed by atoms with Crippen molar-refractivity contribution in [1.82, 2.24) is 0 Å². The van der Waals surface area contributed by atoms with Gasteiger partial charge < -0.3 is 18.6 Å². The number of rotatable bonds is 2. The number of benzene rings is 1. The second-order valence-corrected chi connectivity index (χ2v) is 3.22. The molecule has 1 aromatic carbocycles. The summed E-state index contributed by atoms with van der Waals surface area (Å²) in [7, 11) is 2.57. The van der Waals surface area contributed by atoms with Crippen molar-refractivity contribution in [3.8, 4) is 0 Å². The van der Waals surface area contributed by atoms with E-state index in [4.69, 9.17) is 13.3 Å². The van der Waals surface area contributed by atoms with Gasteiger partial charge in [0.2, 0.25) is 0 Å². The van der Waals surface area contributed by atoms with Crippen molar-refractivity contribution in [3.63, 3.8) is 0 Å². The third kappa shape index (κ3) is 8.87. The van der Waals surface area contributed by atoms with E-state index in [1.54, 1.807) is 18.2 Å². The number of esters is 2. The summed E-state index contributed by atoms with van der Waals surface area (Å²) in [5, 5.41) is 0. The Morgan fingerprint density at radius 2 is 1.47 bits per heavy atom. The smallest absolute Gasteiger partial charge is 0.750 e. The molecule has 0 amide bonds. The first-order valence-corrected chi connectivity index (χ1v) is 5.50. The monoisotopic (exact) mass is 298 g/mol. The quantitative estimate of drug-likeness (QED) is 0.368. The van der Waals surface area contributed by atoms with Crippen LogP contribution in [0.15, 0.2) is 24.3 Å². The van der Waals surface area contributed by atoms with Crippen LogP contribution in [0.5, 0.6) is 0 Å². The molecule has 100 valence electrons. The molecule has 19 heavy (non-hydrogen) atoms. The van der Waals surface area contributed by atoms with Crippen LogP contribution in [0, 0.1) is 0 Å². The Labute approximate surface area is 134 Å². The minimum absolute atomic E-state index is 0. The van der Waals surface area contributed by atoms with Crippen molar-refractivity contribution in [2.24, 2.45) is 0 Å². The molecule has 1 rings (SSSR count). The predicted octanol–water partition coefficient (Wildman–Crippen LogP) is -2.40. The van der Waals surface area contributed by atoms with Crippen LogP contribution in [0.3, 0.4) is 0 Å². The summed E-state index contributed by atoms with van der Waals surface area (Å²) in [5.74, 6) is -0.952. The van der Waals surface area contributed by atoms with Crippen molar-refractivity contribution >= 4 is 23.3 Å². The molecule has 0 spiro atoms. The topological polar surface area (TPSA) is 113 Å². The molecular formula is C10H11NaO7S. The molecule has 0 saturated heterocycles. The molecule has 0 aliphatic carbocycles. The summed E-state index contributed by atoms with van der Waals surface area (Å²) < 4.78 is 33.1. The Morgan fingerprint density at radius 1 is 1.16 bits per heavy atom. The van der Waals surface area contributed by atoms with Gasteiger partial charge in [-0.2, -0.15) is 0 Å². The van der Waals surface area contributed by atoms with E-state index in [1.165, 1.54) is 20.3 Å². The zero-order valence-electron chi connectivity index (χ0n) is 10.6. The average molecular weight is 298 g/mol. The minimum atomic E-state index is -2.86. The molecule has 0 aliphatic rings. The predicted molar refractivity (Wildman–Crippen MR) is 60.7 cm³/mol. The average Bonchev–Trinajstić information content (AvgIpc) is 2.36. The summed E-state index contributed by atoms with van der Waals surface area (Å²) in [6.07, 6.45) is 0. The second kappa shape index (κ2) is 11.1. The maximum atomic E-state index is 11.1. The van der Waals surface area contributed by atoms with Gasteiger partial charge in [-0.15, -0.1) is 0 Å². The number of ether oxygens (including phenoxy) is 2. The first-order valence-electron chi connectivity index (χ1n) is 4.47. The van der Waals surface area contributed by atoms with Crippen LogP contribution in [0.1, 0.15) is 20.7 Å². The second-order valence-electron chi connectivity index (χ2n) is 2.78. The van der Waals surface area contributed by atoms with Gasteiger partial charge in [0.15, 0.2) is 0 Å². The van der Waals surface area contributed by atoms with E-state index in [0.29, 0.717) is 11.1 Å². The van der Waals surface area contributed by atoms with Crippen molar-refractivity contribution in [2.45, 2.75) is 0 Å². The number of hydrogen-bond donors (Lipinski definition) is 1. The van der Waals surface area contributed by atoms with Crippen LogP contribution < -0.4 is 29.6 Å². The van der Waals surface area contributed by atoms with Crippen LogP contribution >= 0.6 is 0 Å². The van der Waals surface area contributed by atoms with E-state index in [1.807, 2.05) is 0 Å². The van der Waals surface area contributed by atoms with Crippen LogP contribution in [0.2, 0.25) is 0 Å². The van der Waals surface area contributed by atoms with Crippen LogP contribution in [-0.2, 0) is 20.8 Å². The number of hydrogen-bond acceptors (Lipinski definition) is 6. The Kier molecular flexibility index (Phi) is 12.0. The van der Waals surface area contributed by atoms with E-state index in [0.717, 1.165) is 0 Å². The van der Waals surface area contributed by atoms with Gasteiger partial charge in [0.05, 0.1) is 36.7 Å². The minimum Gasteiger partial charge on any atom is -0.750 e. The van der Waals surface area contributed by atoms with E-state index in [9.17, 15) is 9.59 Å². The molecule has 0 radical (unpaired) electrons. The van der Waals surface area contributed by atoms with Crippen molar-refractivity contribution in [2.75, 3.05) is 14.2 Å². The first kappa shape index (κ1) is 20.5. The molecule has 0 heterocycles. The molecule has 0 bridgehead atoms. The van der Waals surface area contributed by atoms with E-state index >= 15 is 0 Å². The van der Waals surface area contributed by atoms with E-state index in [-0.39, 0.29) is 29.6 Å². The third-order valence-corrected chi connectivity index (χ3v) is 1.70. The molecule has 1 aromatic rings. The van der Waals surface area contributed by atoms with Gasteiger partial charge in [-0.3, -0.25) is 0 Å². The SMILES string of the molecule is COC(=O)c1cccc(C(=O)OC)c1.O=S([O-])O.[Na+]. The maximum absolute atomic E-state index is 11.1. The Balaban J connectivity index is 0. The standard InChI is InChI=1S/C10H10O4.Na.H2O3S/c1-13-9(11)7-4-3-5-8(6-7)10(12)14-2;;1-4(2)3/h3-6H,1-2H3;;(H2,1,2,3)/q;+1;/p-1. The molecule has 1 atom stereocenters. The van der Waals surface area contributed by atoms with Crippen molar-refractivity contribution in [1.29, 1.82) is 0 Å². The van der Waals surface area contributed by atoms with Gasteiger partial charge in [-0.25, -0.2) is 13.8 Å². The summed E-state index contributed by atoms with van der Waals surface area (Å²) >= 11 is -2.86. The van der Waals surface area contributed by atoms with Crippen LogP contribution in [0.25, 0.3) is 0 Å². The van der Waals surface area contributed by atoms with Crippen molar-refractivity contribution < 1.29 is 61.9 Å². The fourth-order valence-electron chi connectivity index (χ4n) is 1.01. The Hall–Kier alpha value is -0.770. The molecule has 1 N–H and O–H groups in total. The summed E-state index contributed by atoms with van der Waals surface area (Å²) in [6.45, 7) is 0. The molecule has 1 unspecified atom stereocenters. The molecule has 0 saturated carbocycles. The Bertz CT molecular complexity index is 414. The third-order valence-electron chi connectivity index (χ3n) is 1.70. The number of carbonyl (C=O) groups excluding carboxylic acids is 2. The number of carbonyl (C=O) groups is 2. The van der Waals surface area contributed by atoms with Gasteiger partial charge in [-0.05, 0) is 18.2 Å². The van der Waals surface area contributed by atoms with Crippen LogP contribution in [-0.4, -0.2) is 39.5 Å². The molecule has 9 heteroatoms. The van der Waals surface area contributed by atoms with Crippen molar-refractivity contribution in [3.05, 3.63) is 35.4 Å². The first-order chi connectivity index (χ1) is 8.42. The molecule has 0 fully saturated rings.